The van der Waals surface area contributed by atoms with Crippen LogP contribution in [0.15, 0.2) is 42.5 Å². The average molecular weight is 365 g/mol. The van der Waals surface area contributed by atoms with Gasteiger partial charge in [-0.15, -0.1) is 0 Å². The lowest BCUT2D eigenvalue weighted by atomic mass is 9.74. The number of carbonyl (C=O) groups excluding carboxylic acids is 1. The molecule has 0 saturated carbocycles. The van der Waals surface area contributed by atoms with Crippen molar-refractivity contribution in [3.05, 3.63) is 64.7 Å². The van der Waals surface area contributed by atoms with Gasteiger partial charge in [-0.25, -0.2) is 0 Å². The van der Waals surface area contributed by atoms with Gasteiger partial charge in [0.05, 0.1) is 6.61 Å². The topological polar surface area (TPSA) is 49.8 Å². The van der Waals surface area contributed by atoms with E-state index < -0.39 is 0 Å². The zero-order chi connectivity index (χ0) is 18.9. The second-order valence-corrected chi connectivity index (χ2v) is 7.84. The highest BCUT2D eigenvalue weighted by molar-refractivity contribution is 6.10. The second-order valence-electron chi connectivity index (χ2n) is 7.84. The fourth-order valence-corrected chi connectivity index (χ4v) is 4.41. The number of aliphatic hydroxyl groups is 1. The summed E-state index contributed by atoms with van der Waals surface area (Å²) in [6.07, 6.45) is 2.97. The number of ether oxygens (including phenoxy) is 1. The lowest BCUT2D eigenvalue weighted by Crippen LogP contribution is -2.44. The van der Waals surface area contributed by atoms with Crippen LogP contribution >= 0.6 is 0 Å². The Kier molecular flexibility index (Phi) is 5.02. The Labute approximate surface area is 160 Å². The number of fused-ring (bicyclic) bond motifs is 2. The highest BCUT2D eigenvalue weighted by Gasteiger charge is 2.43. The number of carbonyl (C=O) groups is 1. The van der Waals surface area contributed by atoms with Crippen LogP contribution in [-0.2, 0) is 5.41 Å². The Morgan fingerprint density at radius 2 is 1.96 bits per heavy atom. The molecule has 2 aliphatic rings. The summed E-state index contributed by atoms with van der Waals surface area (Å²) in [4.78, 5) is 15.3. The van der Waals surface area contributed by atoms with Crippen LogP contribution in [0.1, 0.15) is 46.3 Å². The molecule has 4 rings (SSSR count). The summed E-state index contributed by atoms with van der Waals surface area (Å²) < 4.78 is 6.05. The highest BCUT2D eigenvalue weighted by atomic mass is 16.5. The molecule has 0 unspecified atom stereocenters. The molecule has 2 heterocycles. The van der Waals surface area contributed by atoms with Crippen molar-refractivity contribution in [1.82, 2.24) is 4.90 Å². The maximum Gasteiger partial charge on any atom is 0.193 e. The third-order valence-corrected chi connectivity index (χ3v) is 6.15. The molecule has 27 heavy (non-hydrogen) atoms. The van der Waals surface area contributed by atoms with E-state index in [1.807, 2.05) is 43.3 Å². The molecule has 0 atom stereocenters. The zero-order valence-electron chi connectivity index (χ0n) is 15.9. The molecule has 2 aromatic rings. The molecule has 2 aromatic carbocycles. The molecule has 142 valence electrons. The SMILES string of the molecule is Cc1ccccc1C(=O)c1ccc2c(c1)OCC21CCN(CCCO)CC1. The first-order chi connectivity index (χ1) is 13.1. The molecule has 0 aromatic heterocycles. The number of aliphatic hydroxyl groups excluding tert-OH is 1. The lowest BCUT2D eigenvalue weighted by molar-refractivity contribution is 0.103. The quantitative estimate of drug-likeness (QED) is 0.826. The normalized spacial score (nSPS) is 18.3. The van der Waals surface area contributed by atoms with Gasteiger partial charge in [-0.1, -0.05) is 36.4 Å². The number of ketones is 1. The summed E-state index contributed by atoms with van der Waals surface area (Å²) in [7, 11) is 0. The van der Waals surface area contributed by atoms with Crippen LogP contribution in [0, 0.1) is 6.92 Å². The summed E-state index contributed by atoms with van der Waals surface area (Å²) in [6, 6.07) is 13.7. The van der Waals surface area contributed by atoms with Crippen molar-refractivity contribution < 1.29 is 14.6 Å². The number of aryl methyl sites for hydroxylation is 1. The minimum absolute atomic E-state index is 0.0549. The molecule has 0 aliphatic carbocycles. The standard InChI is InChI=1S/C23H27NO3/c1-17-5-2-3-6-19(17)22(26)18-7-8-20-21(15-18)27-16-23(20)9-12-24(13-10-23)11-4-14-25/h2-3,5-8,15,25H,4,9-14,16H2,1H3. The molecular weight excluding hydrogens is 338 g/mol. The van der Waals surface area contributed by atoms with Crippen molar-refractivity contribution in [1.29, 1.82) is 0 Å². The summed E-state index contributed by atoms with van der Waals surface area (Å²) in [5, 5.41) is 9.03. The molecule has 4 heteroatoms. The van der Waals surface area contributed by atoms with Crippen LogP contribution in [0.4, 0.5) is 0 Å². The minimum Gasteiger partial charge on any atom is -0.492 e. The number of nitrogens with zero attached hydrogens (tertiary/aromatic N) is 1. The number of likely N-dealkylation sites (tertiary alicyclic amines) is 1. The van der Waals surface area contributed by atoms with Crippen LogP contribution in [0.3, 0.4) is 0 Å². The van der Waals surface area contributed by atoms with Gasteiger partial charge in [-0.05, 0) is 50.9 Å². The van der Waals surface area contributed by atoms with E-state index in [9.17, 15) is 4.79 Å². The minimum atomic E-state index is 0.0549. The number of piperidine rings is 1. The van der Waals surface area contributed by atoms with Crippen LogP contribution in [0.5, 0.6) is 5.75 Å². The van der Waals surface area contributed by atoms with E-state index in [1.165, 1.54) is 5.56 Å². The number of benzene rings is 2. The average Bonchev–Trinajstić information content (AvgIpc) is 3.05. The van der Waals surface area contributed by atoms with E-state index in [0.29, 0.717) is 12.2 Å². The molecule has 0 amide bonds. The summed E-state index contributed by atoms with van der Waals surface area (Å²) in [5.41, 5.74) is 3.78. The van der Waals surface area contributed by atoms with Crippen molar-refractivity contribution in [2.45, 2.75) is 31.6 Å². The van der Waals surface area contributed by atoms with Gasteiger partial charge in [0.15, 0.2) is 5.78 Å². The molecule has 4 nitrogen and oxygen atoms in total. The molecule has 0 bridgehead atoms. The first-order valence-electron chi connectivity index (χ1n) is 9.84. The Bertz CT molecular complexity index is 837. The Hall–Kier alpha value is -2.17. The number of hydrogen-bond acceptors (Lipinski definition) is 4. The molecule has 1 saturated heterocycles. The maximum atomic E-state index is 12.9. The van der Waals surface area contributed by atoms with E-state index in [4.69, 9.17) is 9.84 Å². The molecule has 2 aliphatic heterocycles. The summed E-state index contributed by atoms with van der Waals surface area (Å²) in [5.74, 6) is 0.928. The van der Waals surface area contributed by atoms with Crippen molar-refractivity contribution in [2.75, 3.05) is 32.8 Å². The summed E-state index contributed by atoms with van der Waals surface area (Å²) in [6.45, 7) is 5.96. The van der Waals surface area contributed by atoms with E-state index in [2.05, 4.69) is 11.0 Å². The zero-order valence-corrected chi connectivity index (χ0v) is 15.9. The fraction of sp³-hybridized carbons (Fsp3) is 0.435. The van der Waals surface area contributed by atoms with Crippen molar-refractivity contribution in [3.63, 3.8) is 0 Å². The molecule has 1 fully saturated rings. The van der Waals surface area contributed by atoms with Gasteiger partial charge in [0.1, 0.15) is 5.75 Å². The van der Waals surface area contributed by atoms with Crippen LogP contribution in [0.25, 0.3) is 0 Å². The number of hydrogen-bond donors (Lipinski definition) is 1. The van der Waals surface area contributed by atoms with E-state index in [0.717, 1.165) is 55.8 Å². The lowest BCUT2D eigenvalue weighted by Gasteiger charge is -2.38. The van der Waals surface area contributed by atoms with Crippen LogP contribution in [0.2, 0.25) is 0 Å². The van der Waals surface area contributed by atoms with Gasteiger partial charge in [0, 0.05) is 35.3 Å². The fourth-order valence-electron chi connectivity index (χ4n) is 4.41. The molecule has 1 spiro atoms. The van der Waals surface area contributed by atoms with E-state index in [1.54, 1.807) is 0 Å². The van der Waals surface area contributed by atoms with Crippen molar-refractivity contribution >= 4 is 5.78 Å². The predicted octanol–water partition coefficient (Wildman–Crippen LogP) is 3.33. The van der Waals surface area contributed by atoms with E-state index in [-0.39, 0.29) is 17.8 Å². The van der Waals surface area contributed by atoms with E-state index >= 15 is 0 Å². The van der Waals surface area contributed by atoms with Gasteiger partial charge < -0.3 is 14.7 Å². The molecular formula is C23H27NO3. The van der Waals surface area contributed by atoms with Gasteiger partial charge >= 0.3 is 0 Å². The molecule has 0 radical (unpaired) electrons. The maximum absolute atomic E-state index is 12.9. The Morgan fingerprint density at radius 3 is 2.70 bits per heavy atom. The highest BCUT2D eigenvalue weighted by Crippen LogP contribution is 2.46. The first kappa shape index (κ1) is 18.2. The largest absolute Gasteiger partial charge is 0.492 e. The smallest absolute Gasteiger partial charge is 0.193 e. The van der Waals surface area contributed by atoms with Crippen LogP contribution < -0.4 is 4.74 Å². The Balaban J connectivity index is 1.53. The monoisotopic (exact) mass is 365 g/mol. The third kappa shape index (κ3) is 3.40. The van der Waals surface area contributed by atoms with Gasteiger partial charge in [-0.2, -0.15) is 0 Å². The third-order valence-electron chi connectivity index (χ3n) is 6.15. The van der Waals surface area contributed by atoms with Gasteiger partial charge in [-0.3, -0.25) is 4.79 Å². The first-order valence-corrected chi connectivity index (χ1v) is 9.84. The van der Waals surface area contributed by atoms with Crippen LogP contribution in [-0.4, -0.2) is 48.6 Å². The van der Waals surface area contributed by atoms with Gasteiger partial charge in [0.2, 0.25) is 0 Å². The van der Waals surface area contributed by atoms with Crippen molar-refractivity contribution in [2.24, 2.45) is 0 Å². The number of rotatable bonds is 5. The molecule has 1 N–H and O–H groups in total. The van der Waals surface area contributed by atoms with Gasteiger partial charge in [0.25, 0.3) is 0 Å². The second kappa shape index (κ2) is 7.45. The Morgan fingerprint density at radius 1 is 1.19 bits per heavy atom. The van der Waals surface area contributed by atoms with Crippen molar-refractivity contribution in [3.8, 4) is 5.75 Å². The predicted molar refractivity (Wildman–Crippen MR) is 106 cm³/mol. The summed E-state index contributed by atoms with van der Waals surface area (Å²) >= 11 is 0.